The zero-order valence-corrected chi connectivity index (χ0v) is 11.7. The van der Waals surface area contributed by atoms with Crippen LogP contribution in [0.15, 0.2) is 0 Å². The second kappa shape index (κ2) is 4.34. The number of carbonyl (C=O) groups is 1. The molecule has 0 N–H and O–H groups in total. The van der Waals surface area contributed by atoms with Crippen LogP contribution in [-0.4, -0.2) is 35.6 Å². The molecule has 1 aliphatic carbocycles. The Bertz CT molecular complexity index is 313. The van der Waals surface area contributed by atoms with Crippen molar-refractivity contribution in [2.24, 2.45) is 11.3 Å². The van der Waals surface area contributed by atoms with Gasteiger partial charge in [0, 0.05) is 19.0 Å². The summed E-state index contributed by atoms with van der Waals surface area (Å²) in [5.41, 5.74) is -0.0893. The van der Waals surface area contributed by atoms with Crippen LogP contribution in [0.5, 0.6) is 0 Å². The molecule has 2 rings (SSSR count). The van der Waals surface area contributed by atoms with Crippen molar-refractivity contribution < 1.29 is 9.53 Å². The number of carbonyl (C=O) groups excluding carboxylic acids is 1. The van der Waals surface area contributed by atoms with Gasteiger partial charge >= 0.3 is 6.09 Å². The Morgan fingerprint density at radius 2 is 2.24 bits per heavy atom. The molecule has 1 amide bonds. The van der Waals surface area contributed by atoms with Gasteiger partial charge in [-0.05, 0) is 51.4 Å². The number of likely N-dealkylation sites (tertiary alicyclic amines) is 1. The van der Waals surface area contributed by atoms with E-state index in [0.29, 0.717) is 11.3 Å². The van der Waals surface area contributed by atoms with Crippen molar-refractivity contribution in [1.82, 2.24) is 4.90 Å². The van der Waals surface area contributed by atoms with E-state index in [0.717, 1.165) is 25.4 Å². The van der Waals surface area contributed by atoms with Gasteiger partial charge in [0.2, 0.25) is 0 Å². The summed E-state index contributed by atoms with van der Waals surface area (Å²) in [6.45, 7) is 7.38. The summed E-state index contributed by atoms with van der Waals surface area (Å²) < 4.78 is 5.42. The van der Waals surface area contributed by atoms with Gasteiger partial charge in [0.25, 0.3) is 0 Å². The smallest absolute Gasteiger partial charge is 0.410 e. The first-order valence-electron chi connectivity index (χ1n) is 6.40. The highest BCUT2D eigenvalue weighted by molar-refractivity contribution is 6.18. The van der Waals surface area contributed by atoms with E-state index in [1.54, 1.807) is 0 Å². The molecule has 2 unspecified atom stereocenters. The van der Waals surface area contributed by atoms with Crippen molar-refractivity contribution in [1.29, 1.82) is 0 Å². The van der Waals surface area contributed by atoms with E-state index < -0.39 is 5.60 Å². The first-order valence-corrected chi connectivity index (χ1v) is 6.94. The molecule has 1 saturated carbocycles. The van der Waals surface area contributed by atoms with Crippen LogP contribution in [0.3, 0.4) is 0 Å². The molecule has 1 spiro atoms. The van der Waals surface area contributed by atoms with Crippen molar-refractivity contribution in [2.75, 3.05) is 19.0 Å². The normalized spacial score (nSPS) is 32.7. The molecular weight excluding hydrogens is 238 g/mol. The van der Waals surface area contributed by atoms with Crippen LogP contribution in [0, 0.1) is 11.3 Å². The lowest BCUT2D eigenvalue weighted by atomic mass is 9.93. The van der Waals surface area contributed by atoms with Crippen LogP contribution >= 0.6 is 11.6 Å². The van der Waals surface area contributed by atoms with Gasteiger partial charge in [-0.3, -0.25) is 0 Å². The van der Waals surface area contributed by atoms with Crippen LogP contribution in [0.4, 0.5) is 4.79 Å². The lowest BCUT2D eigenvalue weighted by Crippen LogP contribution is -2.44. The highest BCUT2D eigenvalue weighted by atomic mass is 35.5. The van der Waals surface area contributed by atoms with Crippen LogP contribution in [0.1, 0.15) is 40.0 Å². The summed E-state index contributed by atoms with van der Waals surface area (Å²) in [6.07, 6.45) is 3.29. The zero-order valence-electron chi connectivity index (χ0n) is 11.0. The molecule has 3 nitrogen and oxygen atoms in total. The molecule has 0 aromatic carbocycles. The van der Waals surface area contributed by atoms with Gasteiger partial charge in [-0.25, -0.2) is 4.79 Å². The quantitative estimate of drug-likeness (QED) is 0.677. The number of amides is 1. The first kappa shape index (κ1) is 13.0. The Morgan fingerprint density at radius 3 is 2.76 bits per heavy atom. The summed E-state index contributed by atoms with van der Waals surface area (Å²) in [7, 11) is 0. The molecule has 2 fully saturated rings. The molecule has 0 aromatic rings. The number of piperidine rings is 1. The van der Waals surface area contributed by atoms with Crippen molar-refractivity contribution in [2.45, 2.75) is 45.6 Å². The minimum Gasteiger partial charge on any atom is -0.444 e. The predicted molar refractivity (Wildman–Crippen MR) is 68.3 cm³/mol. The fourth-order valence-electron chi connectivity index (χ4n) is 2.79. The Morgan fingerprint density at radius 1 is 1.53 bits per heavy atom. The Hall–Kier alpha value is -0.440. The summed E-state index contributed by atoms with van der Waals surface area (Å²) in [5, 5.41) is 0. The monoisotopic (exact) mass is 259 g/mol. The van der Waals surface area contributed by atoms with Gasteiger partial charge < -0.3 is 9.64 Å². The van der Waals surface area contributed by atoms with E-state index >= 15 is 0 Å². The van der Waals surface area contributed by atoms with Gasteiger partial charge in [0.1, 0.15) is 5.60 Å². The Balaban J connectivity index is 1.92. The van der Waals surface area contributed by atoms with E-state index in [1.165, 1.54) is 12.8 Å². The average Bonchev–Trinajstić information content (AvgIpc) is 2.88. The summed E-state index contributed by atoms with van der Waals surface area (Å²) in [4.78, 5) is 13.9. The van der Waals surface area contributed by atoms with Gasteiger partial charge in [-0.1, -0.05) is 0 Å². The van der Waals surface area contributed by atoms with Gasteiger partial charge in [-0.2, -0.15) is 0 Å². The first-order chi connectivity index (χ1) is 7.86. The molecule has 98 valence electrons. The van der Waals surface area contributed by atoms with Crippen LogP contribution in [-0.2, 0) is 4.74 Å². The van der Waals surface area contributed by atoms with Crippen molar-refractivity contribution in [3.8, 4) is 0 Å². The third-order valence-electron chi connectivity index (χ3n) is 3.81. The maximum absolute atomic E-state index is 12.0. The molecule has 0 aromatic heterocycles. The summed E-state index contributed by atoms with van der Waals surface area (Å²) >= 11 is 5.92. The van der Waals surface area contributed by atoms with Crippen molar-refractivity contribution in [3.05, 3.63) is 0 Å². The van der Waals surface area contributed by atoms with Crippen molar-refractivity contribution in [3.63, 3.8) is 0 Å². The largest absolute Gasteiger partial charge is 0.444 e. The third-order valence-corrected chi connectivity index (χ3v) is 4.18. The lowest BCUT2D eigenvalue weighted by molar-refractivity contribution is 0.0139. The second-order valence-electron chi connectivity index (χ2n) is 6.42. The molecular formula is C13H22ClNO2. The van der Waals surface area contributed by atoms with Gasteiger partial charge in [0.05, 0.1) is 0 Å². The highest BCUT2D eigenvalue weighted by Gasteiger charge is 2.55. The average molecular weight is 260 g/mol. The van der Waals surface area contributed by atoms with E-state index in [1.807, 2.05) is 25.7 Å². The maximum atomic E-state index is 12.0. The van der Waals surface area contributed by atoms with Crippen LogP contribution in [0.2, 0.25) is 0 Å². The fourth-order valence-corrected chi connectivity index (χ4v) is 3.23. The number of nitrogens with zero attached hydrogens (tertiary/aromatic N) is 1. The number of halogens is 1. The fraction of sp³-hybridized carbons (Fsp3) is 0.923. The van der Waals surface area contributed by atoms with E-state index in [9.17, 15) is 4.79 Å². The predicted octanol–water partition coefficient (Wildman–Crippen LogP) is 3.26. The maximum Gasteiger partial charge on any atom is 0.410 e. The molecule has 0 radical (unpaired) electrons. The number of ether oxygens (including phenoxy) is 1. The molecule has 1 saturated heterocycles. The number of alkyl halides is 1. The highest BCUT2D eigenvalue weighted by Crippen LogP contribution is 2.58. The van der Waals surface area contributed by atoms with Crippen LogP contribution < -0.4 is 0 Å². The Kier molecular flexibility index (Phi) is 3.32. The molecule has 0 bridgehead atoms. The van der Waals surface area contributed by atoms with E-state index in [2.05, 4.69) is 0 Å². The number of hydrogen-bond acceptors (Lipinski definition) is 2. The minimum atomic E-state index is -0.406. The summed E-state index contributed by atoms with van der Waals surface area (Å²) in [6, 6.07) is 0. The van der Waals surface area contributed by atoms with Gasteiger partial charge in [-0.15, -0.1) is 11.6 Å². The Labute approximate surface area is 108 Å². The number of rotatable bonds is 1. The van der Waals surface area contributed by atoms with E-state index in [4.69, 9.17) is 16.3 Å². The standard InChI is InChI=1S/C13H22ClNO2/c1-12(2,3)17-11(16)15-6-4-5-13(9-15)7-10(13)8-14/h10H,4-9H2,1-3H3. The van der Waals surface area contributed by atoms with Gasteiger partial charge in [0.15, 0.2) is 0 Å². The zero-order chi connectivity index (χ0) is 12.7. The SMILES string of the molecule is CC(C)(C)OC(=O)N1CCCC2(CC2CCl)C1. The third kappa shape index (κ3) is 2.87. The minimum absolute atomic E-state index is 0.170. The summed E-state index contributed by atoms with van der Waals surface area (Å²) in [5.74, 6) is 1.33. The topological polar surface area (TPSA) is 29.5 Å². The van der Waals surface area contributed by atoms with Crippen molar-refractivity contribution >= 4 is 17.7 Å². The van der Waals surface area contributed by atoms with Crippen LogP contribution in [0.25, 0.3) is 0 Å². The molecule has 1 aliphatic heterocycles. The molecule has 2 aliphatic rings. The second-order valence-corrected chi connectivity index (χ2v) is 6.73. The van der Waals surface area contributed by atoms with E-state index in [-0.39, 0.29) is 6.09 Å². The molecule has 17 heavy (non-hydrogen) atoms. The number of hydrogen-bond donors (Lipinski definition) is 0. The molecule has 1 heterocycles. The molecule has 4 heteroatoms. The molecule has 2 atom stereocenters. The lowest BCUT2D eigenvalue weighted by Gasteiger charge is -2.35.